The van der Waals surface area contributed by atoms with Gasteiger partial charge in [-0.15, -0.1) is 0 Å². The van der Waals surface area contributed by atoms with E-state index in [9.17, 15) is 19.7 Å². The van der Waals surface area contributed by atoms with Crippen molar-refractivity contribution in [1.29, 1.82) is 0 Å². The van der Waals surface area contributed by atoms with Gasteiger partial charge in [0.15, 0.2) is 6.10 Å². The molecular weight excluding hydrogens is 352 g/mol. The minimum atomic E-state index is -1.08. The van der Waals surface area contributed by atoms with Gasteiger partial charge in [-0.3, -0.25) is 14.9 Å². The Bertz CT molecular complexity index is 832. The van der Waals surface area contributed by atoms with E-state index in [-0.39, 0.29) is 23.0 Å². The molecule has 142 valence electrons. The van der Waals surface area contributed by atoms with E-state index in [1.807, 2.05) is 13.8 Å². The maximum atomic E-state index is 12.2. The number of nitro benzene ring substituents is 1. The number of ether oxygens (including phenoxy) is 2. The van der Waals surface area contributed by atoms with Crippen LogP contribution in [0.3, 0.4) is 0 Å². The van der Waals surface area contributed by atoms with Crippen LogP contribution in [-0.2, 0) is 9.53 Å². The number of rotatable bonds is 7. The Morgan fingerprint density at radius 3 is 2.33 bits per heavy atom. The van der Waals surface area contributed by atoms with E-state index >= 15 is 0 Å². The molecule has 27 heavy (non-hydrogen) atoms. The summed E-state index contributed by atoms with van der Waals surface area (Å²) in [7, 11) is 0. The number of carbonyl (C=O) groups excluding carboxylic acids is 2. The topological polar surface area (TPSA) is 108 Å². The summed E-state index contributed by atoms with van der Waals surface area (Å²) >= 11 is 0. The molecule has 0 aromatic heterocycles. The zero-order chi connectivity index (χ0) is 20.0. The van der Waals surface area contributed by atoms with Crippen molar-refractivity contribution in [3.8, 4) is 5.75 Å². The number of hydrogen-bond acceptors (Lipinski definition) is 6. The van der Waals surface area contributed by atoms with Crippen molar-refractivity contribution in [2.45, 2.75) is 33.0 Å². The largest absolute Gasteiger partial charge is 0.491 e. The van der Waals surface area contributed by atoms with E-state index in [1.54, 1.807) is 24.3 Å². The van der Waals surface area contributed by atoms with Crippen LogP contribution >= 0.6 is 0 Å². The molecule has 0 unspecified atom stereocenters. The van der Waals surface area contributed by atoms with Crippen LogP contribution in [0.15, 0.2) is 48.5 Å². The van der Waals surface area contributed by atoms with Crippen LogP contribution in [0, 0.1) is 10.1 Å². The first kappa shape index (κ1) is 19.9. The highest BCUT2D eigenvalue weighted by molar-refractivity contribution is 5.97. The minimum absolute atomic E-state index is 0.0142. The highest BCUT2D eigenvalue weighted by atomic mass is 16.6. The molecule has 0 spiro atoms. The first-order valence-electron chi connectivity index (χ1n) is 8.29. The number of anilines is 1. The Kier molecular flexibility index (Phi) is 6.48. The molecule has 2 rings (SSSR count). The van der Waals surface area contributed by atoms with E-state index in [0.29, 0.717) is 5.75 Å². The number of non-ortho nitro benzene ring substituents is 1. The van der Waals surface area contributed by atoms with Crippen molar-refractivity contribution in [2.75, 3.05) is 5.32 Å². The molecule has 0 saturated carbocycles. The number of nitrogens with one attached hydrogen (secondary N) is 1. The highest BCUT2D eigenvalue weighted by Gasteiger charge is 2.20. The summed E-state index contributed by atoms with van der Waals surface area (Å²) in [5, 5.41) is 13.3. The second-order valence-electron chi connectivity index (χ2n) is 6.04. The first-order valence-corrected chi connectivity index (χ1v) is 8.29. The molecular formula is C19H20N2O6. The first-order chi connectivity index (χ1) is 12.8. The zero-order valence-electron chi connectivity index (χ0n) is 15.2. The SMILES string of the molecule is CC(C)Oc1ccc(C(=O)O[C@@H](C)C(=O)Nc2cccc([N+](=O)[O-])c2)cc1. The number of hydrogen-bond donors (Lipinski definition) is 1. The molecule has 0 heterocycles. The highest BCUT2D eigenvalue weighted by Crippen LogP contribution is 2.18. The standard InChI is InChI=1S/C19H20N2O6/c1-12(2)26-17-9-7-14(8-10-17)19(23)27-13(3)18(22)20-15-5-4-6-16(11-15)21(24)25/h4-13H,1-3H3,(H,20,22)/t13-/m0/s1. The summed E-state index contributed by atoms with van der Waals surface area (Å²) < 4.78 is 10.6. The van der Waals surface area contributed by atoms with Crippen molar-refractivity contribution in [3.05, 3.63) is 64.2 Å². The van der Waals surface area contributed by atoms with Crippen molar-refractivity contribution in [1.82, 2.24) is 0 Å². The molecule has 0 fully saturated rings. The van der Waals surface area contributed by atoms with Crippen LogP contribution in [0.25, 0.3) is 0 Å². The number of amides is 1. The van der Waals surface area contributed by atoms with Gasteiger partial charge in [0, 0.05) is 17.8 Å². The van der Waals surface area contributed by atoms with Crippen molar-refractivity contribution < 1.29 is 24.0 Å². The lowest BCUT2D eigenvalue weighted by atomic mass is 10.2. The summed E-state index contributed by atoms with van der Waals surface area (Å²) in [6.45, 7) is 5.20. The molecule has 1 N–H and O–H groups in total. The van der Waals surface area contributed by atoms with Crippen LogP contribution < -0.4 is 10.1 Å². The lowest BCUT2D eigenvalue weighted by Crippen LogP contribution is -2.30. The number of nitrogens with zero attached hydrogens (tertiary/aromatic N) is 1. The summed E-state index contributed by atoms with van der Waals surface area (Å²) in [4.78, 5) is 34.5. The van der Waals surface area contributed by atoms with Gasteiger partial charge in [0.25, 0.3) is 11.6 Å². The molecule has 0 radical (unpaired) electrons. The van der Waals surface area contributed by atoms with Gasteiger partial charge in [-0.25, -0.2) is 4.79 Å². The van der Waals surface area contributed by atoms with Gasteiger partial charge in [-0.2, -0.15) is 0 Å². The average Bonchev–Trinajstić information content (AvgIpc) is 2.61. The Hall–Kier alpha value is -3.42. The fourth-order valence-electron chi connectivity index (χ4n) is 2.16. The van der Waals surface area contributed by atoms with Gasteiger partial charge in [-0.1, -0.05) is 6.07 Å². The third kappa shape index (κ3) is 5.81. The summed E-state index contributed by atoms with van der Waals surface area (Å²) in [6, 6.07) is 11.9. The second kappa shape index (κ2) is 8.79. The van der Waals surface area contributed by atoms with E-state index in [2.05, 4.69) is 5.32 Å². The summed E-state index contributed by atoms with van der Waals surface area (Å²) in [5.41, 5.74) is 0.370. The predicted octanol–water partition coefficient (Wildman–Crippen LogP) is 3.57. The predicted molar refractivity (Wildman–Crippen MR) is 98.8 cm³/mol. The van der Waals surface area contributed by atoms with Gasteiger partial charge in [0.1, 0.15) is 5.75 Å². The monoisotopic (exact) mass is 372 g/mol. The van der Waals surface area contributed by atoms with Crippen molar-refractivity contribution in [3.63, 3.8) is 0 Å². The molecule has 1 atom stereocenters. The van der Waals surface area contributed by atoms with Crippen LogP contribution in [0.4, 0.5) is 11.4 Å². The molecule has 2 aromatic rings. The fraction of sp³-hybridized carbons (Fsp3) is 0.263. The van der Waals surface area contributed by atoms with Crippen LogP contribution in [0.2, 0.25) is 0 Å². The average molecular weight is 372 g/mol. The second-order valence-corrected chi connectivity index (χ2v) is 6.04. The van der Waals surface area contributed by atoms with Crippen LogP contribution in [0.1, 0.15) is 31.1 Å². The molecule has 8 nitrogen and oxygen atoms in total. The van der Waals surface area contributed by atoms with Gasteiger partial charge in [-0.05, 0) is 51.1 Å². The minimum Gasteiger partial charge on any atom is -0.491 e. The zero-order valence-corrected chi connectivity index (χ0v) is 15.2. The number of esters is 1. The lowest BCUT2D eigenvalue weighted by molar-refractivity contribution is -0.384. The summed E-state index contributed by atoms with van der Waals surface area (Å²) in [6.07, 6.45) is -1.07. The number of carbonyl (C=O) groups is 2. The van der Waals surface area contributed by atoms with Gasteiger partial charge in [0.2, 0.25) is 0 Å². The molecule has 0 aliphatic rings. The van der Waals surface area contributed by atoms with Crippen LogP contribution in [0.5, 0.6) is 5.75 Å². The third-order valence-corrected chi connectivity index (χ3v) is 3.44. The Morgan fingerprint density at radius 1 is 1.07 bits per heavy atom. The normalized spacial score (nSPS) is 11.6. The fourth-order valence-corrected chi connectivity index (χ4v) is 2.16. The maximum Gasteiger partial charge on any atom is 0.338 e. The summed E-state index contributed by atoms with van der Waals surface area (Å²) in [5.74, 6) is -0.630. The molecule has 0 bridgehead atoms. The molecule has 2 aromatic carbocycles. The van der Waals surface area contributed by atoms with E-state index in [4.69, 9.17) is 9.47 Å². The molecule has 0 aliphatic carbocycles. The Balaban J connectivity index is 1.96. The van der Waals surface area contributed by atoms with Gasteiger partial charge in [0.05, 0.1) is 16.6 Å². The molecule has 0 saturated heterocycles. The van der Waals surface area contributed by atoms with Crippen molar-refractivity contribution in [2.24, 2.45) is 0 Å². The smallest absolute Gasteiger partial charge is 0.338 e. The number of benzene rings is 2. The Morgan fingerprint density at radius 2 is 1.74 bits per heavy atom. The van der Waals surface area contributed by atoms with Crippen molar-refractivity contribution >= 4 is 23.3 Å². The maximum absolute atomic E-state index is 12.2. The van der Waals surface area contributed by atoms with E-state index in [0.717, 1.165) is 0 Å². The molecule has 8 heteroatoms. The Labute approximate surface area is 156 Å². The lowest BCUT2D eigenvalue weighted by Gasteiger charge is -2.14. The third-order valence-electron chi connectivity index (χ3n) is 3.44. The quantitative estimate of drug-likeness (QED) is 0.452. The van der Waals surface area contributed by atoms with Crippen LogP contribution in [-0.4, -0.2) is 29.0 Å². The van der Waals surface area contributed by atoms with Gasteiger partial charge >= 0.3 is 5.97 Å². The number of nitro groups is 1. The molecule has 1 amide bonds. The molecule has 0 aliphatic heterocycles. The van der Waals surface area contributed by atoms with E-state index in [1.165, 1.54) is 31.2 Å². The van der Waals surface area contributed by atoms with E-state index < -0.39 is 22.9 Å². The van der Waals surface area contributed by atoms with Gasteiger partial charge < -0.3 is 14.8 Å².